The average molecular weight is 397 g/mol. The Morgan fingerprint density at radius 2 is 1.89 bits per heavy atom. The van der Waals surface area contributed by atoms with Crippen LogP contribution in [-0.4, -0.2) is 26.8 Å². The molecule has 142 valence electrons. The number of nitrogens with one attached hydrogen (secondary N) is 2. The van der Waals surface area contributed by atoms with Crippen LogP contribution in [0.25, 0.3) is 5.69 Å². The molecule has 1 aromatic carbocycles. The highest BCUT2D eigenvalue weighted by molar-refractivity contribution is 6.28. The molecule has 0 aliphatic carbocycles. The predicted octanol–water partition coefficient (Wildman–Crippen LogP) is 4.30. The number of nitrogens with zero attached hydrogens (tertiary/aromatic N) is 4. The van der Waals surface area contributed by atoms with Crippen LogP contribution in [0.4, 0.5) is 24.7 Å². The Labute approximate surface area is 158 Å². The van der Waals surface area contributed by atoms with E-state index < -0.39 is 11.9 Å². The summed E-state index contributed by atoms with van der Waals surface area (Å²) in [6.07, 6.45) is -2.92. The molecule has 0 radical (unpaired) electrons. The van der Waals surface area contributed by atoms with Gasteiger partial charge in [0.25, 0.3) is 0 Å². The molecule has 0 aliphatic rings. The van der Waals surface area contributed by atoms with E-state index in [4.69, 9.17) is 11.6 Å². The average Bonchev–Trinajstić information content (AvgIpc) is 3.03. The fourth-order valence-corrected chi connectivity index (χ4v) is 2.65. The summed E-state index contributed by atoms with van der Waals surface area (Å²) in [5.74, 6) is 0.531. The molecule has 2 aromatic heterocycles. The Hall–Kier alpha value is -2.81. The molecule has 0 saturated carbocycles. The molecule has 6 nitrogen and oxygen atoms in total. The van der Waals surface area contributed by atoms with Gasteiger partial charge in [-0.25, -0.2) is 9.67 Å². The van der Waals surface area contributed by atoms with Gasteiger partial charge in [0.15, 0.2) is 5.82 Å². The third kappa shape index (κ3) is 4.30. The minimum Gasteiger partial charge on any atom is -0.384 e. The Kier molecular flexibility index (Phi) is 5.22. The summed E-state index contributed by atoms with van der Waals surface area (Å²) in [5.41, 5.74) is 1.36. The van der Waals surface area contributed by atoms with Crippen LogP contribution in [-0.2, 0) is 12.7 Å². The van der Waals surface area contributed by atoms with Crippen LogP contribution >= 0.6 is 11.6 Å². The lowest BCUT2D eigenvalue weighted by Gasteiger charge is -2.12. The quantitative estimate of drug-likeness (QED) is 0.629. The molecular formula is C17H16ClF3N6. The van der Waals surface area contributed by atoms with Gasteiger partial charge in [-0.2, -0.15) is 23.3 Å². The summed E-state index contributed by atoms with van der Waals surface area (Å²) in [6.45, 7) is 1.93. The van der Waals surface area contributed by atoms with Crippen LogP contribution in [0.15, 0.2) is 36.5 Å². The van der Waals surface area contributed by atoms with E-state index in [-0.39, 0.29) is 5.28 Å². The molecule has 0 unspecified atom stereocenters. The standard InChI is InChI=1S/C17H16ClF3N6/c1-10-7-14(17(19,20)21)27(26-10)12-5-3-11(4-6-12)8-23-15-13(22-2)9-24-16(18)25-15/h3-7,9,22H,8H2,1-2H3,(H,23,24,25). The summed E-state index contributed by atoms with van der Waals surface area (Å²) in [7, 11) is 1.73. The minimum absolute atomic E-state index is 0.112. The maximum absolute atomic E-state index is 13.1. The van der Waals surface area contributed by atoms with E-state index in [1.807, 2.05) is 0 Å². The van der Waals surface area contributed by atoms with E-state index in [2.05, 4.69) is 25.7 Å². The van der Waals surface area contributed by atoms with Gasteiger partial charge < -0.3 is 10.6 Å². The van der Waals surface area contributed by atoms with Crippen molar-refractivity contribution >= 4 is 23.1 Å². The molecule has 27 heavy (non-hydrogen) atoms. The number of halogens is 4. The van der Waals surface area contributed by atoms with Crippen LogP contribution in [0, 0.1) is 6.92 Å². The molecule has 2 heterocycles. The third-order valence-electron chi connectivity index (χ3n) is 3.79. The van der Waals surface area contributed by atoms with Gasteiger partial charge in [-0.05, 0) is 42.3 Å². The van der Waals surface area contributed by atoms with Crippen LogP contribution in [0.2, 0.25) is 5.28 Å². The van der Waals surface area contributed by atoms with Crippen molar-refractivity contribution in [3.05, 3.63) is 58.8 Å². The van der Waals surface area contributed by atoms with Gasteiger partial charge in [0.2, 0.25) is 5.28 Å². The lowest BCUT2D eigenvalue weighted by molar-refractivity contribution is -0.142. The normalized spacial score (nSPS) is 11.5. The van der Waals surface area contributed by atoms with Crippen molar-refractivity contribution in [2.75, 3.05) is 17.7 Å². The highest BCUT2D eigenvalue weighted by Gasteiger charge is 2.35. The van der Waals surface area contributed by atoms with E-state index in [0.717, 1.165) is 16.3 Å². The SMILES string of the molecule is CNc1cnc(Cl)nc1NCc1ccc(-n2nc(C)cc2C(F)(F)F)cc1. The van der Waals surface area contributed by atoms with Gasteiger partial charge in [-0.1, -0.05) is 12.1 Å². The number of alkyl halides is 3. The largest absolute Gasteiger partial charge is 0.433 e. The Bertz CT molecular complexity index is 937. The summed E-state index contributed by atoms with van der Waals surface area (Å²) < 4.78 is 40.3. The lowest BCUT2D eigenvalue weighted by Crippen LogP contribution is -2.13. The molecule has 2 N–H and O–H groups in total. The first-order valence-electron chi connectivity index (χ1n) is 7.95. The fraction of sp³-hybridized carbons (Fsp3) is 0.235. The number of anilines is 2. The third-order valence-corrected chi connectivity index (χ3v) is 3.97. The van der Waals surface area contributed by atoms with Crippen LogP contribution in [0.5, 0.6) is 0 Å². The number of aryl methyl sites for hydroxylation is 1. The van der Waals surface area contributed by atoms with Crippen LogP contribution in [0.1, 0.15) is 17.0 Å². The predicted molar refractivity (Wildman–Crippen MR) is 97.2 cm³/mol. The van der Waals surface area contributed by atoms with E-state index in [1.54, 1.807) is 37.5 Å². The van der Waals surface area contributed by atoms with Gasteiger partial charge in [-0.15, -0.1) is 0 Å². The first-order valence-corrected chi connectivity index (χ1v) is 8.33. The van der Waals surface area contributed by atoms with E-state index in [0.29, 0.717) is 29.4 Å². The summed E-state index contributed by atoms with van der Waals surface area (Å²) in [6, 6.07) is 7.64. The molecule has 0 saturated heterocycles. The number of benzene rings is 1. The molecule has 0 aliphatic heterocycles. The maximum atomic E-state index is 13.1. The smallest absolute Gasteiger partial charge is 0.384 e. The van der Waals surface area contributed by atoms with Crippen molar-refractivity contribution in [3.8, 4) is 5.69 Å². The second-order valence-electron chi connectivity index (χ2n) is 5.75. The van der Waals surface area contributed by atoms with Crippen molar-refractivity contribution < 1.29 is 13.2 Å². The topological polar surface area (TPSA) is 67.7 Å². The molecule has 0 fully saturated rings. The fourth-order valence-electron chi connectivity index (χ4n) is 2.52. The van der Waals surface area contributed by atoms with E-state index in [9.17, 15) is 13.2 Å². The zero-order valence-electron chi connectivity index (χ0n) is 14.5. The first-order chi connectivity index (χ1) is 12.8. The van der Waals surface area contributed by atoms with Crippen molar-refractivity contribution in [3.63, 3.8) is 0 Å². The summed E-state index contributed by atoms with van der Waals surface area (Å²) in [4.78, 5) is 8.00. The summed E-state index contributed by atoms with van der Waals surface area (Å²) in [5, 5.41) is 10.1. The van der Waals surface area contributed by atoms with Crippen LogP contribution < -0.4 is 10.6 Å². The zero-order chi connectivity index (χ0) is 19.6. The second kappa shape index (κ2) is 7.43. The molecule has 10 heteroatoms. The Morgan fingerprint density at radius 1 is 1.19 bits per heavy atom. The van der Waals surface area contributed by atoms with Gasteiger partial charge in [0, 0.05) is 13.6 Å². The monoisotopic (exact) mass is 396 g/mol. The highest BCUT2D eigenvalue weighted by atomic mass is 35.5. The molecule has 3 aromatic rings. The second-order valence-corrected chi connectivity index (χ2v) is 6.09. The highest BCUT2D eigenvalue weighted by Crippen LogP contribution is 2.31. The molecule has 0 bridgehead atoms. The minimum atomic E-state index is -4.47. The van der Waals surface area contributed by atoms with Crippen molar-refractivity contribution in [2.45, 2.75) is 19.6 Å². The van der Waals surface area contributed by atoms with Gasteiger partial charge in [0.1, 0.15) is 5.69 Å². The van der Waals surface area contributed by atoms with E-state index >= 15 is 0 Å². The van der Waals surface area contributed by atoms with Crippen molar-refractivity contribution in [1.82, 2.24) is 19.7 Å². The molecule has 0 amide bonds. The number of rotatable bonds is 5. The van der Waals surface area contributed by atoms with Crippen LogP contribution in [0.3, 0.4) is 0 Å². The summed E-state index contributed by atoms with van der Waals surface area (Å²) >= 11 is 5.81. The molecular weight excluding hydrogens is 381 g/mol. The first kappa shape index (κ1) is 19.0. The maximum Gasteiger partial charge on any atom is 0.433 e. The van der Waals surface area contributed by atoms with Crippen molar-refractivity contribution in [1.29, 1.82) is 0 Å². The molecule has 3 rings (SSSR count). The molecule has 0 atom stereocenters. The van der Waals surface area contributed by atoms with Gasteiger partial charge in [0.05, 0.1) is 23.3 Å². The molecule has 0 spiro atoms. The number of hydrogen-bond donors (Lipinski definition) is 2. The number of hydrogen-bond acceptors (Lipinski definition) is 5. The van der Waals surface area contributed by atoms with Gasteiger partial charge >= 0.3 is 6.18 Å². The van der Waals surface area contributed by atoms with Gasteiger partial charge in [-0.3, -0.25) is 0 Å². The number of aromatic nitrogens is 4. The van der Waals surface area contributed by atoms with E-state index in [1.165, 1.54) is 6.92 Å². The Balaban J connectivity index is 1.78. The lowest BCUT2D eigenvalue weighted by atomic mass is 10.2. The Morgan fingerprint density at radius 3 is 2.52 bits per heavy atom. The zero-order valence-corrected chi connectivity index (χ0v) is 15.2. The van der Waals surface area contributed by atoms with Crippen molar-refractivity contribution in [2.24, 2.45) is 0 Å².